The molecule has 116 valence electrons. The number of guanidine groups is 1. The Morgan fingerprint density at radius 1 is 1.22 bits per heavy atom. The molecule has 3 aromatic rings. The van der Waals surface area contributed by atoms with E-state index in [9.17, 15) is 4.79 Å². The molecule has 1 amide bonds. The molecule has 0 aliphatic rings. The number of amides is 1. The van der Waals surface area contributed by atoms with E-state index in [1.54, 1.807) is 43.5 Å². The number of pyridine rings is 1. The summed E-state index contributed by atoms with van der Waals surface area (Å²) in [6.45, 7) is 0. The van der Waals surface area contributed by atoms with Crippen LogP contribution in [0.3, 0.4) is 0 Å². The number of carbonyl (C=O) groups is 1. The number of hydrogen-bond acceptors (Lipinski definition) is 6. The van der Waals surface area contributed by atoms with Crippen LogP contribution >= 0.6 is 11.3 Å². The smallest absolute Gasteiger partial charge is 0.257 e. The third kappa shape index (κ3) is 3.43. The van der Waals surface area contributed by atoms with E-state index in [1.807, 2.05) is 6.07 Å². The Hall–Kier alpha value is -3.00. The molecule has 0 spiro atoms. The first kappa shape index (κ1) is 14.9. The maximum Gasteiger partial charge on any atom is 0.257 e. The average Bonchev–Trinajstić information content (AvgIpc) is 2.96. The fourth-order valence-electron chi connectivity index (χ4n) is 1.86. The van der Waals surface area contributed by atoms with Crippen LogP contribution in [0.1, 0.15) is 10.4 Å². The summed E-state index contributed by atoms with van der Waals surface area (Å²) in [5.41, 5.74) is 6.95. The lowest BCUT2D eigenvalue weighted by Crippen LogP contribution is -2.36. The largest absolute Gasteiger partial charge is 0.481 e. The highest BCUT2D eigenvalue weighted by Crippen LogP contribution is 2.27. The number of fused-ring (bicyclic) bond motifs is 1. The molecular formula is C15H13N5O2S. The number of aliphatic imine (C=N–C) groups is 1. The second kappa shape index (κ2) is 6.41. The van der Waals surface area contributed by atoms with Crippen molar-refractivity contribution in [3.63, 3.8) is 0 Å². The first-order valence-electron chi connectivity index (χ1n) is 6.68. The minimum atomic E-state index is -0.326. The van der Waals surface area contributed by atoms with Crippen molar-refractivity contribution >= 4 is 38.7 Å². The number of ether oxygens (including phenoxy) is 1. The van der Waals surface area contributed by atoms with Gasteiger partial charge in [-0.05, 0) is 18.2 Å². The molecule has 0 aliphatic heterocycles. The quantitative estimate of drug-likeness (QED) is 0.566. The Labute approximate surface area is 135 Å². The van der Waals surface area contributed by atoms with E-state index in [1.165, 1.54) is 11.3 Å². The van der Waals surface area contributed by atoms with E-state index >= 15 is 0 Å². The van der Waals surface area contributed by atoms with Crippen LogP contribution in [0.25, 0.3) is 10.3 Å². The lowest BCUT2D eigenvalue weighted by atomic mass is 10.2. The van der Waals surface area contributed by atoms with Gasteiger partial charge in [-0.1, -0.05) is 29.5 Å². The predicted molar refractivity (Wildman–Crippen MR) is 89.2 cm³/mol. The number of thiazole rings is 1. The van der Waals surface area contributed by atoms with Crippen LogP contribution in [0.2, 0.25) is 0 Å². The third-order valence-electron chi connectivity index (χ3n) is 2.92. The molecule has 8 heteroatoms. The van der Waals surface area contributed by atoms with E-state index in [2.05, 4.69) is 20.3 Å². The summed E-state index contributed by atoms with van der Waals surface area (Å²) in [4.78, 5) is 25.3. The monoisotopic (exact) mass is 327 g/mol. The van der Waals surface area contributed by atoms with Crippen LogP contribution in [0.4, 0.5) is 5.13 Å². The van der Waals surface area contributed by atoms with Gasteiger partial charge in [0.15, 0.2) is 0 Å². The van der Waals surface area contributed by atoms with Crippen molar-refractivity contribution in [2.75, 3.05) is 7.11 Å². The zero-order chi connectivity index (χ0) is 16.2. The maximum atomic E-state index is 12.0. The summed E-state index contributed by atoms with van der Waals surface area (Å²) in [7, 11) is 1.55. The molecule has 0 aliphatic carbocycles. The summed E-state index contributed by atoms with van der Waals surface area (Å²) in [6.07, 6.45) is 0. The summed E-state index contributed by atoms with van der Waals surface area (Å²) >= 11 is 1.26. The summed E-state index contributed by atoms with van der Waals surface area (Å²) in [6, 6.07) is 12.3. The lowest BCUT2D eigenvalue weighted by Gasteiger charge is -2.02. The first-order chi connectivity index (χ1) is 11.2. The van der Waals surface area contributed by atoms with Crippen molar-refractivity contribution < 1.29 is 9.53 Å². The summed E-state index contributed by atoms with van der Waals surface area (Å²) < 4.78 is 5.06. The van der Waals surface area contributed by atoms with E-state index < -0.39 is 0 Å². The Morgan fingerprint density at radius 2 is 2.00 bits per heavy atom. The molecule has 0 unspecified atom stereocenters. The topological polar surface area (TPSA) is 102 Å². The van der Waals surface area contributed by atoms with Gasteiger partial charge in [-0.2, -0.15) is 4.99 Å². The standard InChI is InChI=1S/C15H13N5O2S/c1-22-11-8-7-10-13(18-11)23-15(17-10)20-14(16)19-12(21)9-5-3-2-4-6-9/h2-8H,1H3,(H3,16,17,19,20,21). The number of aromatic nitrogens is 2. The highest BCUT2D eigenvalue weighted by atomic mass is 32.1. The van der Waals surface area contributed by atoms with E-state index in [4.69, 9.17) is 10.5 Å². The zero-order valence-corrected chi connectivity index (χ0v) is 13.0. The van der Waals surface area contributed by atoms with Crippen LogP contribution in [0.5, 0.6) is 5.88 Å². The van der Waals surface area contributed by atoms with Crippen LogP contribution in [-0.2, 0) is 0 Å². The van der Waals surface area contributed by atoms with Gasteiger partial charge in [0, 0.05) is 11.6 Å². The second-order valence-corrected chi connectivity index (χ2v) is 5.45. The van der Waals surface area contributed by atoms with Gasteiger partial charge in [0.1, 0.15) is 10.3 Å². The Balaban J connectivity index is 1.79. The molecule has 0 saturated heterocycles. The molecular weight excluding hydrogens is 314 g/mol. The number of nitrogens with zero attached hydrogens (tertiary/aromatic N) is 3. The number of nitrogens with one attached hydrogen (secondary N) is 1. The number of hydrogen-bond donors (Lipinski definition) is 2. The Morgan fingerprint density at radius 3 is 2.74 bits per heavy atom. The lowest BCUT2D eigenvalue weighted by molar-refractivity contribution is 0.0976. The highest BCUT2D eigenvalue weighted by Gasteiger charge is 2.09. The molecule has 2 heterocycles. The normalized spacial score (nSPS) is 11.4. The molecule has 7 nitrogen and oxygen atoms in total. The molecule has 0 fully saturated rings. The first-order valence-corrected chi connectivity index (χ1v) is 7.49. The second-order valence-electron chi connectivity index (χ2n) is 4.49. The molecule has 3 rings (SSSR count). The molecule has 0 bridgehead atoms. The van der Waals surface area contributed by atoms with Crippen LogP contribution in [0.15, 0.2) is 47.5 Å². The highest BCUT2D eigenvalue weighted by molar-refractivity contribution is 7.21. The molecule has 0 atom stereocenters. The zero-order valence-electron chi connectivity index (χ0n) is 12.2. The fourth-order valence-corrected chi connectivity index (χ4v) is 2.67. The van der Waals surface area contributed by atoms with Crippen molar-refractivity contribution in [3.8, 4) is 5.88 Å². The van der Waals surface area contributed by atoms with Crippen molar-refractivity contribution in [1.82, 2.24) is 15.3 Å². The fraction of sp³-hybridized carbons (Fsp3) is 0.0667. The number of nitrogens with two attached hydrogens (primary N) is 1. The number of carbonyl (C=O) groups excluding carboxylic acids is 1. The van der Waals surface area contributed by atoms with Gasteiger partial charge in [0.25, 0.3) is 5.91 Å². The minimum Gasteiger partial charge on any atom is -0.481 e. The number of methoxy groups -OCH3 is 1. The summed E-state index contributed by atoms with van der Waals surface area (Å²) in [5.74, 6) is 0.152. The Bertz CT molecular complexity index is 876. The molecule has 0 saturated carbocycles. The van der Waals surface area contributed by atoms with Gasteiger partial charge in [-0.15, -0.1) is 0 Å². The SMILES string of the molecule is COc1ccc2nc(/N=C(/N)NC(=O)c3ccccc3)sc2n1. The molecule has 2 aromatic heterocycles. The molecule has 1 aromatic carbocycles. The third-order valence-corrected chi connectivity index (χ3v) is 3.78. The van der Waals surface area contributed by atoms with E-state index in [-0.39, 0.29) is 11.9 Å². The Kier molecular flexibility index (Phi) is 4.15. The van der Waals surface area contributed by atoms with Gasteiger partial charge in [0.2, 0.25) is 17.0 Å². The van der Waals surface area contributed by atoms with Crippen LogP contribution in [-0.4, -0.2) is 28.9 Å². The van der Waals surface area contributed by atoms with Gasteiger partial charge in [0.05, 0.1) is 7.11 Å². The predicted octanol–water partition coefficient (Wildman–Crippen LogP) is 2.08. The van der Waals surface area contributed by atoms with Gasteiger partial charge < -0.3 is 10.5 Å². The van der Waals surface area contributed by atoms with Gasteiger partial charge in [-0.25, -0.2) is 9.97 Å². The van der Waals surface area contributed by atoms with Crippen LogP contribution < -0.4 is 15.8 Å². The van der Waals surface area contributed by atoms with E-state index in [0.717, 1.165) is 0 Å². The van der Waals surface area contributed by atoms with Crippen molar-refractivity contribution in [1.29, 1.82) is 0 Å². The van der Waals surface area contributed by atoms with Crippen molar-refractivity contribution in [2.45, 2.75) is 0 Å². The number of rotatable bonds is 3. The minimum absolute atomic E-state index is 0.0233. The number of benzene rings is 1. The maximum absolute atomic E-state index is 12.0. The van der Waals surface area contributed by atoms with Gasteiger partial charge >= 0.3 is 0 Å². The van der Waals surface area contributed by atoms with Gasteiger partial charge in [-0.3, -0.25) is 10.1 Å². The van der Waals surface area contributed by atoms with E-state index in [0.29, 0.717) is 26.9 Å². The van der Waals surface area contributed by atoms with Crippen molar-refractivity contribution in [2.24, 2.45) is 10.7 Å². The van der Waals surface area contributed by atoms with Crippen molar-refractivity contribution in [3.05, 3.63) is 48.0 Å². The average molecular weight is 327 g/mol. The van der Waals surface area contributed by atoms with Crippen LogP contribution in [0, 0.1) is 0 Å². The molecule has 23 heavy (non-hydrogen) atoms. The molecule has 3 N–H and O–H groups in total. The molecule has 0 radical (unpaired) electrons. The summed E-state index contributed by atoms with van der Waals surface area (Å²) in [5, 5.41) is 2.93.